The topological polar surface area (TPSA) is 0 Å². The van der Waals surface area contributed by atoms with Crippen molar-refractivity contribution in [2.24, 2.45) is 11.8 Å². The third kappa shape index (κ3) is 15.7. The van der Waals surface area contributed by atoms with E-state index < -0.39 is 0 Å². The van der Waals surface area contributed by atoms with E-state index in [0.717, 1.165) is 11.8 Å². The SMILES string of the molecule is C=CCCCCCC=C(C)CCCC=C(CC)C(C)CCC=CC(C)CC. The standard InChI is InChI=1S/C27H48/c1-7-10-11-12-13-14-20-25(5)21-16-18-23-27(9-3)26(6)22-17-15-19-24(4)8-2/h7,15,19-20,23-24,26H,1,8-14,16-18,21-22H2,2-6H3. The van der Waals surface area contributed by atoms with Crippen molar-refractivity contribution in [3.63, 3.8) is 0 Å². The van der Waals surface area contributed by atoms with Gasteiger partial charge in [-0.15, -0.1) is 6.58 Å². The summed E-state index contributed by atoms with van der Waals surface area (Å²) in [5.41, 5.74) is 3.24. The van der Waals surface area contributed by atoms with E-state index in [0.29, 0.717) is 0 Å². The molecule has 27 heavy (non-hydrogen) atoms. The van der Waals surface area contributed by atoms with Gasteiger partial charge in [0.2, 0.25) is 0 Å². The van der Waals surface area contributed by atoms with Crippen LogP contribution in [-0.4, -0.2) is 0 Å². The molecule has 0 saturated carbocycles. The van der Waals surface area contributed by atoms with Gasteiger partial charge < -0.3 is 0 Å². The van der Waals surface area contributed by atoms with Crippen molar-refractivity contribution in [1.82, 2.24) is 0 Å². The Morgan fingerprint density at radius 2 is 1.59 bits per heavy atom. The first-order chi connectivity index (χ1) is 13.0. The molecule has 0 amide bonds. The number of hydrogen-bond donors (Lipinski definition) is 0. The lowest BCUT2D eigenvalue weighted by atomic mass is 9.92. The molecule has 156 valence electrons. The molecule has 0 heteroatoms. The Kier molecular flexibility index (Phi) is 17.6. The van der Waals surface area contributed by atoms with E-state index in [-0.39, 0.29) is 0 Å². The first-order valence-electron chi connectivity index (χ1n) is 11.7. The zero-order valence-electron chi connectivity index (χ0n) is 19.2. The van der Waals surface area contributed by atoms with Crippen molar-refractivity contribution in [2.75, 3.05) is 0 Å². The summed E-state index contributed by atoms with van der Waals surface area (Å²) < 4.78 is 0. The Balaban J connectivity index is 4.03. The molecule has 0 spiro atoms. The molecular weight excluding hydrogens is 324 g/mol. The fourth-order valence-electron chi connectivity index (χ4n) is 3.42. The highest BCUT2D eigenvalue weighted by Crippen LogP contribution is 2.22. The van der Waals surface area contributed by atoms with Crippen LogP contribution in [0.5, 0.6) is 0 Å². The zero-order chi connectivity index (χ0) is 20.3. The predicted octanol–water partition coefficient (Wildman–Crippen LogP) is 9.59. The van der Waals surface area contributed by atoms with Crippen LogP contribution in [0.3, 0.4) is 0 Å². The lowest BCUT2D eigenvalue weighted by molar-refractivity contribution is 0.595. The monoisotopic (exact) mass is 372 g/mol. The Morgan fingerprint density at radius 3 is 2.26 bits per heavy atom. The third-order valence-corrected chi connectivity index (χ3v) is 5.70. The van der Waals surface area contributed by atoms with Gasteiger partial charge in [0.05, 0.1) is 0 Å². The molecule has 0 nitrogen and oxygen atoms in total. The van der Waals surface area contributed by atoms with Crippen LogP contribution in [0.25, 0.3) is 0 Å². The Morgan fingerprint density at radius 1 is 0.889 bits per heavy atom. The number of allylic oxidation sites excluding steroid dienone is 7. The highest BCUT2D eigenvalue weighted by atomic mass is 14.1. The molecule has 0 aliphatic rings. The summed E-state index contributed by atoms with van der Waals surface area (Å²) in [5.74, 6) is 1.45. The van der Waals surface area contributed by atoms with Crippen LogP contribution in [0.4, 0.5) is 0 Å². The maximum Gasteiger partial charge on any atom is -0.0229 e. The molecule has 0 heterocycles. The smallest absolute Gasteiger partial charge is 0.0229 e. The number of hydrogen-bond acceptors (Lipinski definition) is 0. The Labute approximate surface area is 171 Å². The van der Waals surface area contributed by atoms with Crippen molar-refractivity contribution in [3.05, 3.63) is 48.1 Å². The van der Waals surface area contributed by atoms with Gasteiger partial charge in [0.25, 0.3) is 0 Å². The van der Waals surface area contributed by atoms with Gasteiger partial charge in [-0.25, -0.2) is 0 Å². The number of unbranched alkanes of at least 4 members (excludes halogenated alkanes) is 5. The molecule has 0 aliphatic carbocycles. The molecule has 0 aromatic heterocycles. The van der Waals surface area contributed by atoms with Crippen molar-refractivity contribution < 1.29 is 0 Å². The van der Waals surface area contributed by atoms with Crippen LogP contribution in [0.15, 0.2) is 48.1 Å². The maximum absolute atomic E-state index is 3.79. The van der Waals surface area contributed by atoms with Gasteiger partial charge in [-0.2, -0.15) is 0 Å². The highest BCUT2D eigenvalue weighted by Gasteiger charge is 2.06. The fourth-order valence-corrected chi connectivity index (χ4v) is 3.42. The molecule has 0 aromatic rings. The second-order valence-corrected chi connectivity index (χ2v) is 8.29. The van der Waals surface area contributed by atoms with E-state index in [1.807, 2.05) is 6.08 Å². The zero-order valence-corrected chi connectivity index (χ0v) is 19.2. The molecule has 0 fully saturated rings. The van der Waals surface area contributed by atoms with Crippen LogP contribution in [-0.2, 0) is 0 Å². The van der Waals surface area contributed by atoms with Crippen LogP contribution in [0.2, 0.25) is 0 Å². The van der Waals surface area contributed by atoms with Gasteiger partial charge in [0.15, 0.2) is 0 Å². The summed E-state index contributed by atoms with van der Waals surface area (Å²) >= 11 is 0. The molecule has 0 rings (SSSR count). The minimum atomic E-state index is 0.726. The molecule has 0 aliphatic heterocycles. The fraction of sp³-hybridized carbons (Fsp3) is 0.704. The summed E-state index contributed by atoms with van der Waals surface area (Å²) in [4.78, 5) is 0. The van der Waals surface area contributed by atoms with E-state index in [1.54, 1.807) is 11.1 Å². The van der Waals surface area contributed by atoms with E-state index in [2.05, 4.69) is 65.5 Å². The van der Waals surface area contributed by atoms with Crippen LogP contribution >= 0.6 is 0 Å². The van der Waals surface area contributed by atoms with E-state index >= 15 is 0 Å². The van der Waals surface area contributed by atoms with Gasteiger partial charge in [0, 0.05) is 0 Å². The van der Waals surface area contributed by atoms with Crippen LogP contribution in [0.1, 0.15) is 112 Å². The van der Waals surface area contributed by atoms with Crippen molar-refractivity contribution in [3.8, 4) is 0 Å². The van der Waals surface area contributed by atoms with Gasteiger partial charge in [0.1, 0.15) is 0 Å². The molecular formula is C27H48. The Hall–Kier alpha value is -1.04. The van der Waals surface area contributed by atoms with Gasteiger partial charge in [-0.1, -0.05) is 82.1 Å². The normalized spacial score (nSPS) is 15.3. The molecule has 0 bridgehead atoms. The summed E-state index contributed by atoms with van der Waals surface area (Å²) in [6, 6.07) is 0. The summed E-state index contributed by atoms with van der Waals surface area (Å²) in [6.07, 6.45) is 26.9. The Bertz CT molecular complexity index is 435. The van der Waals surface area contributed by atoms with Gasteiger partial charge in [-0.05, 0) is 83.0 Å². The summed E-state index contributed by atoms with van der Waals surface area (Å²) in [6.45, 7) is 15.4. The largest absolute Gasteiger partial charge is 0.103 e. The predicted molar refractivity (Wildman–Crippen MR) is 126 cm³/mol. The van der Waals surface area contributed by atoms with Crippen LogP contribution in [0, 0.1) is 11.8 Å². The third-order valence-electron chi connectivity index (χ3n) is 5.70. The highest BCUT2D eigenvalue weighted by molar-refractivity contribution is 5.06. The molecule has 0 N–H and O–H groups in total. The molecule has 2 unspecified atom stereocenters. The minimum Gasteiger partial charge on any atom is -0.103 e. The second kappa shape index (κ2) is 18.3. The maximum atomic E-state index is 3.79. The van der Waals surface area contributed by atoms with Crippen LogP contribution < -0.4 is 0 Å². The van der Waals surface area contributed by atoms with E-state index in [1.165, 1.54) is 77.0 Å². The van der Waals surface area contributed by atoms with E-state index in [4.69, 9.17) is 0 Å². The first-order valence-corrected chi connectivity index (χ1v) is 11.7. The molecule has 0 radical (unpaired) electrons. The van der Waals surface area contributed by atoms with Crippen molar-refractivity contribution in [1.29, 1.82) is 0 Å². The molecule has 0 saturated heterocycles. The quantitative estimate of drug-likeness (QED) is 0.176. The minimum absolute atomic E-state index is 0.726. The van der Waals surface area contributed by atoms with Crippen molar-refractivity contribution in [2.45, 2.75) is 112 Å². The molecule has 0 aromatic carbocycles. The lowest BCUT2D eigenvalue weighted by Crippen LogP contribution is -1.99. The molecule has 2 atom stereocenters. The van der Waals surface area contributed by atoms with E-state index in [9.17, 15) is 0 Å². The number of rotatable bonds is 17. The van der Waals surface area contributed by atoms with Gasteiger partial charge >= 0.3 is 0 Å². The lowest BCUT2D eigenvalue weighted by Gasteiger charge is -2.14. The summed E-state index contributed by atoms with van der Waals surface area (Å²) in [5, 5.41) is 0. The van der Waals surface area contributed by atoms with Gasteiger partial charge in [-0.3, -0.25) is 0 Å². The average molecular weight is 373 g/mol. The first kappa shape index (κ1) is 26.0. The summed E-state index contributed by atoms with van der Waals surface area (Å²) in [7, 11) is 0. The average Bonchev–Trinajstić information content (AvgIpc) is 2.67. The second-order valence-electron chi connectivity index (χ2n) is 8.29. The van der Waals surface area contributed by atoms with Crippen molar-refractivity contribution >= 4 is 0 Å².